The zero-order valence-electron chi connectivity index (χ0n) is 20.7. The number of pyridine rings is 2. The van der Waals surface area contributed by atoms with Crippen LogP contribution in [-0.2, 0) is 15.4 Å². The van der Waals surface area contributed by atoms with Gasteiger partial charge in [-0.25, -0.2) is 13.4 Å². The molecule has 4 aromatic rings. The molecular weight excluding hydrogens is 462 g/mol. The maximum atomic E-state index is 12.9. The summed E-state index contributed by atoms with van der Waals surface area (Å²) in [7, 11) is -1.73. The van der Waals surface area contributed by atoms with Crippen LogP contribution in [0.15, 0.2) is 59.4 Å². The standard InChI is InChI=1S/C27H29N3O4S/c1-16-7-12-20(26(31)28-16)21-15-22(27(2,3)4)25(34-5)24-19(21)13-14-23(29-24)17-8-10-18(11-9-17)30-35(6,32)33/h7-15,30H,1-6H3,(H,28,31). The summed E-state index contributed by atoms with van der Waals surface area (Å²) < 4.78 is 31.4. The number of nitrogens with one attached hydrogen (secondary N) is 2. The number of nitrogens with zero attached hydrogens (tertiary/aromatic N) is 1. The lowest BCUT2D eigenvalue weighted by molar-refractivity contribution is 0.402. The van der Waals surface area contributed by atoms with E-state index < -0.39 is 10.0 Å². The molecule has 0 aliphatic rings. The Morgan fingerprint density at radius 3 is 2.23 bits per heavy atom. The molecule has 2 aromatic carbocycles. The van der Waals surface area contributed by atoms with Crippen molar-refractivity contribution in [1.29, 1.82) is 0 Å². The molecule has 0 aliphatic heterocycles. The molecule has 4 rings (SSSR count). The summed E-state index contributed by atoms with van der Waals surface area (Å²) in [5, 5.41) is 0.809. The van der Waals surface area contributed by atoms with E-state index in [0.29, 0.717) is 28.2 Å². The maximum Gasteiger partial charge on any atom is 0.256 e. The number of H-pyrrole nitrogens is 1. The summed E-state index contributed by atoms with van der Waals surface area (Å²) in [4.78, 5) is 20.7. The lowest BCUT2D eigenvalue weighted by atomic mass is 9.83. The van der Waals surface area contributed by atoms with Gasteiger partial charge >= 0.3 is 0 Å². The van der Waals surface area contributed by atoms with Crippen molar-refractivity contribution in [2.24, 2.45) is 0 Å². The molecule has 2 N–H and O–H groups in total. The van der Waals surface area contributed by atoms with Crippen molar-refractivity contribution in [3.63, 3.8) is 0 Å². The van der Waals surface area contributed by atoms with Gasteiger partial charge in [-0.3, -0.25) is 9.52 Å². The minimum Gasteiger partial charge on any atom is -0.494 e. The first kappa shape index (κ1) is 24.5. The number of aromatic amines is 1. The summed E-state index contributed by atoms with van der Waals surface area (Å²) in [5.41, 5.74) is 5.34. The highest BCUT2D eigenvalue weighted by atomic mass is 32.2. The minimum absolute atomic E-state index is 0.158. The molecule has 2 heterocycles. The third-order valence-corrected chi connectivity index (χ3v) is 6.38. The molecule has 0 bridgehead atoms. The number of hydrogen-bond donors (Lipinski definition) is 2. The van der Waals surface area contributed by atoms with E-state index in [0.717, 1.165) is 34.0 Å². The van der Waals surface area contributed by atoms with Crippen LogP contribution in [0.4, 0.5) is 5.69 Å². The number of methoxy groups -OCH3 is 1. The molecule has 0 saturated heterocycles. The van der Waals surface area contributed by atoms with E-state index in [1.165, 1.54) is 0 Å². The number of hydrogen-bond acceptors (Lipinski definition) is 5. The van der Waals surface area contributed by atoms with Crippen LogP contribution < -0.4 is 15.0 Å². The van der Waals surface area contributed by atoms with Crippen molar-refractivity contribution in [3.8, 4) is 28.1 Å². The third kappa shape index (κ3) is 5.07. The van der Waals surface area contributed by atoms with Crippen LogP contribution >= 0.6 is 0 Å². The first-order valence-corrected chi connectivity index (χ1v) is 13.1. The van der Waals surface area contributed by atoms with Gasteiger partial charge in [0.05, 0.1) is 19.1 Å². The average molecular weight is 492 g/mol. The van der Waals surface area contributed by atoms with Gasteiger partial charge in [0.2, 0.25) is 10.0 Å². The average Bonchev–Trinajstić information content (AvgIpc) is 2.76. The summed E-state index contributed by atoms with van der Waals surface area (Å²) in [6.07, 6.45) is 1.11. The van der Waals surface area contributed by atoms with Gasteiger partial charge in [0.1, 0.15) is 11.3 Å². The molecule has 182 valence electrons. The van der Waals surface area contributed by atoms with Gasteiger partial charge in [0.25, 0.3) is 5.56 Å². The van der Waals surface area contributed by atoms with Gasteiger partial charge in [0.15, 0.2) is 0 Å². The van der Waals surface area contributed by atoms with Crippen LogP contribution in [-0.4, -0.2) is 31.8 Å². The van der Waals surface area contributed by atoms with Crippen molar-refractivity contribution in [3.05, 3.63) is 76.2 Å². The van der Waals surface area contributed by atoms with Crippen LogP contribution in [0.1, 0.15) is 32.0 Å². The fourth-order valence-corrected chi connectivity index (χ4v) is 4.68. The summed E-state index contributed by atoms with van der Waals surface area (Å²) in [6, 6.07) is 16.6. The van der Waals surface area contributed by atoms with E-state index in [4.69, 9.17) is 9.72 Å². The predicted octanol–water partition coefficient (Wildman–Crippen LogP) is 5.24. The molecule has 0 amide bonds. The van der Waals surface area contributed by atoms with Crippen molar-refractivity contribution in [2.75, 3.05) is 18.1 Å². The van der Waals surface area contributed by atoms with Crippen molar-refractivity contribution in [1.82, 2.24) is 9.97 Å². The van der Waals surface area contributed by atoms with Gasteiger partial charge in [-0.15, -0.1) is 0 Å². The smallest absolute Gasteiger partial charge is 0.256 e. The number of rotatable bonds is 5. The first-order chi connectivity index (χ1) is 16.4. The zero-order chi connectivity index (χ0) is 25.5. The molecule has 0 unspecified atom stereocenters. The Morgan fingerprint density at radius 2 is 1.66 bits per heavy atom. The predicted molar refractivity (Wildman–Crippen MR) is 142 cm³/mol. The lowest BCUT2D eigenvalue weighted by Crippen LogP contribution is -2.15. The molecule has 35 heavy (non-hydrogen) atoms. The van der Waals surface area contributed by atoms with Gasteiger partial charge in [-0.05, 0) is 60.4 Å². The van der Waals surface area contributed by atoms with E-state index in [9.17, 15) is 13.2 Å². The van der Waals surface area contributed by atoms with E-state index in [1.54, 1.807) is 19.2 Å². The Bertz CT molecular complexity index is 1580. The Kier molecular flexibility index (Phi) is 6.19. The molecular formula is C27H29N3O4S. The number of sulfonamides is 1. The quantitative estimate of drug-likeness (QED) is 0.397. The van der Waals surface area contributed by atoms with Crippen molar-refractivity contribution < 1.29 is 13.2 Å². The summed E-state index contributed by atoms with van der Waals surface area (Å²) in [6.45, 7) is 8.13. The van der Waals surface area contributed by atoms with Crippen LogP contribution in [0.2, 0.25) is 0 Å². The number of benzene rings is 2. The molecule has 0 aliphatic carbocycles. The number of aryl methyl sites for hydroxylation is 1. The highest BCUT2D eigenvalue weighted by Crippen LogP contribution is 2.42. The fraction of sp³-hybridized carbons (Fsp3) is 0.259. The van der Waals surface area contributed by atoms with Gasteiger partial charge < -0.3 is 9.72 Å². The fourth-order valence-electron chi connectivity index (χ4n) is 4.12. The topological polar surface area (TPSA) is 101 Å². The van der Waals surface area contributed by atoms with Gasteiger partial charge in [0, 0.05) is 33.5 Å². The highest BCUT2D eigenvalue weighted by molar-refractivity contribution is 7.92. The number of aromatic nitrogens is 2. The largest absolute Gasteiger partial charge is 0.494 e. The van der Waals surface area contributed by atoms with Crippen molar-refractivity contribution in [2.45, 2.75) is 33.1 Å². The molecule has 8 heteroatoms. The Balaban J connectivity index is 1.96. The van der Waals surface area contributed by atoms with Gasteiger partial charge in [-0.2, -0.15) is 0 Å². The molecule has 0 spiro atoms. The Labute approximate surface area is 205 Å². The Morgan fingerprint density at radius 1 is 0.971 bits per heavy atom. The van der Waals surface area contributed by atoms with Crippen LogP contribution in [0.5, 0.6) is 5.75 Å². The second-order valence-corrected chi connectivity index (χ2v) is 11.4. The minimum atomic E-state index is -3.36. The molecule has 0 saturated carbocycles. The van der Waals surface area contributed by atoms with E-state index in [-0.39, 0.29) is 11.0 Å². The second kappa shape index (κ2) is 8.85. The van der Waals surface area contributed by atoms with Crippen LogP contribution in [0, 0.1) is 6.92 Å². The molecule has 0 atom stereocenters. The maximum absolute atomic E-state index is 12.9. The highest BCUT2D eigenvalue weighted by Gasteiger charge is 2.25. The third-order valence-electron chi connectivity index (χ3n) is 5.78. The zero-order valence-corrected chi connectivity index (χ0v) is 21.5. The first-order valence-electron chi connectivity index (χ1n) is 11.2. The van der Waals surface area contributed by atoms with Crippen molar-refractivity contribution >= 4 is 26.6 Å². The normalized spacial score (nSPS) is 12.1. The number of ether oxygens (including phenoxy) is 1. The number of fused-ring (bicyclic) bond motifs is 1. The van der Waals surface area contributed by atoms with E-state index in [2.05, 4.69) is 30.5 Å². The van der Waals surface area contributed by atoms with Crippen LogP contribution in [0.25, 0.3) is 33.3 Å². The summed E-state index contributed by atoms with van der Waals surface area (Å²) in [5.74, 6) is 0.664. The van der Waals surface area contributed by atoms with Crippen LogP contribution in [0.3, 0.4) is 0 Å². The van der Waals surface area contributed by atoms with E-state index >= 15 is 0 Å². The van der Waals surface area contributed by atoms with Gasteiger partial charge in [-0.1, -0.05) is 32.9 Å². The monoisotopic (exact) mass is 491 g/mol. The molecule has 0 fully saturated rings. The number of anilines is 1. The lowest BCUT2D eigenvalue weighted by Gasteiger charge is -2.25. The molecule has 0 radical (unpaired) electrons. The molecule has 7 nitrogen and oxygen atoms in total. The SMILES string of the molecule is COc1c(C(C)(C)C)cc(-c2ccc(C)[nH]c2=O)c2ccc(-c3ccc(NS(C)(=O)=O)cc3)nc12. The summed E-state index contributed by atoms with van der Waals surface area (Å²) >= 11 is 0. The Hall–Kier alpha value is -3.65. The van der Waals surface area contributed by atoms with E-state index in [1.807, 2.05) is 49.4 Å². The second-order valence-electron chi connectivity index (χ2n) is 9.68. The molecule has 2 aromatic heterocycles.